The lowest BCUT2D eigenvalue weighted by atomic mass is 10.0. The van der Waals surface area contributed by atoms with E-state index in [-0.39, 0.29) is 0 Å². The predicted molar refractivity (Wildman–Crippen MR) is 121 cm³/mol. The number of hydrogen-bond acceptors (Lipinski definition) is 1. The first-order valence-electron chi connectivity index (χ1n) is 12.6. The summed E-state index contributed by atoms with van der Waals surface area (Å²) in [6.07, 6.45) is 27.8. The van der Waals surface area contributed by atoms with Gasteiger partial charge in [0.2, 0.25) is 0 Å². The van der Waals surface area contributed by atoms with Crippen molar-refractivity contribution in [3.05, 3.63) is 0 Å². The van der Waals surface area contributed by atoms with Crippen LogP contribution < -0.4 is 0 Å². The number of nitrogens with zero attached hydrogens (tertiary/aromatic N) is 1. The molecular weight excluding hydrogens is 314 g/mol. The maximum atomic E-state index is 2.55. The highest BCUT2D eigenvalue weighted by Gasteiger charge is 1.98. The average molecular weight is 368 g/mol. The van der Waals surface area contributed by atoms with E-state index in [4.69, 9.17) is 0 Å². The maximum absolute atomic E-state index is 2.55. The molecule has 0 amide bonds. The van der Waals surface area contributed by atoms with Crippen molar-refractivity contribution in [3.63, 3.8) is 0 Å². The molecular formula is C25H53N. The number of hydrogen-bond donors (Lipinski definition) is 0. The summed E-state index contributed by atoms with van der Waals surface area (Å²) in [5.41, 5.74) is 0. The Morgan fingerprint density at radius 3 is 0.885 bits per heavy atom. The number of rotatable bonds is 22. The molecule has 0 aromatic rings. The molecule has 158 valence electrons. The fourth-order valence-corrected chi connectivity index (χ4v) is 3.95. The van der Waals surface area contributed by atoms with Crippen LogP contribution >= 0.6 is 0 Å². The van der Waals surface area contributed by atoms with Crippen LogP contribution in [0.2, 0.25) is 0 Å². The molecule has 0 aromatic carbocycles. The van der Waals surface area contributed by atoms with Crippen LogP contribution in [0.4, 0.5) is 0 Å². The van der Waals surface area contributed by atoms with E-state index < -0.39 is 0 Å². The highest BCUT2D eigenvalue weighted by molar-refractivity contribution is 4.54. The van der Waals surface area contributed by atoms with Crippen LogP contribution in [0.3, 0.4) is 0 Å². The van der Waals surface area contributed by atoms with Gasteiger partial charge in [-0.2, -0.15) is 0 Å². The summed E-state index contributed by atoms with van der Waals surface area (Å²) in [6.45, 7) is 10.6. The van der Waals surface area contributed by atoms with Gasteiger partial charge in [0, 0.05) is 0 Å². The van der Waals surface area contributed by atoms with Gasteiger partial charge in [0.05, 0.1) is 0 Å². The molecule has 0 saturated heterocycles. The Hall–Kier alpha value is -0.0400. The molecule has 0 aliphatic heterocycles. The third kappa shape index (κ3) is 20.3. The van der Waals surface area contributed by atoms with Crippen molar-refractivity contribution in [2.45, 2.75) is 143 Å². The standard InChI is InChI=1S/C25H53N/c1-4-7-8-9-10-11-12-13-14-15-16-17-18-19-20-21-22-23-24-25-26(5-2)6-3/h4-25H2,1-3H3. The van der Waals surface area contributed by atoms with E-state index in [1.54, 1.807) is 0 Å². The predicted octanol–water partition coefficient (Wildman–Crippen LogP) is 8.76. The van der Waals surface area contributed by atoms with E-state index in [1.807, 2.05) is 0 Å². The lowest BCUT2D eigenvalue weighted by Gasteiger charge is -2.17. The van der Waals surface area contributed by atoms with Crippen molar-refractivity contribution in [1.29, 1.82) is 0 Å². The van der Waals surface area contributed by atoms with Gasteiger partial charge >= 0.3 is 0 Å². The molecule has 0 spiro atoms. The molecule has 0 aliphatic rings. The number of unbranched alkanes of at least 4 members (excludes halogenated alkanes) is 18. The monoisotopic (exact) mass is 367 g/mol. The lowest BCUT2D eigenvalue weighted by molar-refractivity contribution is 0.295. The van der Waals surface area contributed by atoms with Crippen LogP contribution in [0.5, 0.6) is 0 Å². The Kier molecular flexibility index (Phi) is 23.0. The van der Waals surface area contributed by atoms with Gasteiger partial charge in [0.25, 0.3) is 0 Å². The van der Waals surface area contributed by atoms with Crippen LogP contribution in [0.25, 0.3) is 0 Å². The molecule has 1 nitrogen and oxygen atoms in total. The highest BCUT2D eigenvalue weighted by atomic mass is 15.1. The molecule has 0 aromatic heterocycles. The molecule has 0 heterocycles. The van der Waals surface area contributed by atoms with Crippen LogP contribution in [-0.2, 0) is 0 Å². The second-order valence-corrected chi connectivity index (χ2v) is 8.39. The minimum Gasteiger partial charge on any atom is -0.304 e. The van der Waals surface area contributed by atoms with E-state index in [0.717, 1.165) is 0 Å². The smallest absolute Gasteiger partial charge is 0.00190 e. The summed E-state index contributed by atoms with van der Waals surface area (Å²) in [5.74, 6) is 0. The van der Waals surface area contributed by atoms with Gasteiger partial charge in [-0.25, -0.2) is 0 Å². The Labute approximate surface area is 167 Å². The van der Waals surface area contributed by atoms with Crippen LogP contribution in [-0.4, -0.2) is 24.5 Å². The van der Waals surface area contributed by atoms with E-state index in [1.165, 1.54) is 142 Å². The summed E-state index contributed by atoms with van der Waals surface area (Å²) in [4.78, 5) is 2.55. The Morgan fingerprint density at radius 1 is 0.346 bits per heavy atom. The zero-order chi connectivity index (χ0) is 19.1. The maximum Gasteiger partial charge on any atom is -0.00190 e. The Balaban J connectivity index is 3.03. The second kappa shape index (κ2) is 23.0. The van der Waals surface area contributed by atoms with Crippen LogP contribution in [0, 0.1) is 0 Å². The fraction of sp³-hybridized carbons (Fsp3) is 1.00. The lowest BCUT2D eigenvalue weighted by Crippen LogP contribution is -2.23. The minimum absolute atomic E-state index is 1.22. The van der Waals surface area contributed by atoms with E-state index in [0.29, 0.717) is 0 Å². The van der Waals surface area contributed by atoms with Gasteiger partial charge in [-0.15, -0.1) is 0 Å². The van der Waals surface area contributed by atoms with Crippen molar-refractivity contribution < 1.29 is 0 Å². The molecule has 0 fully saturated rings. The van der Waals surface area contributed by atoms with E-state index >= 15 is 0 Å². The van der Waals surface area contributed by atoms with E-state index in [9.17, 15) is 0 Å². The Morgan fingerprint density at radius 2 is 0.615 bits per heavy atom. The second-order valence-electron chi connectivity index (χ2n) is 8.39. The van der Waals surface area contributed by atoms with Gasteiger partial charge in [0.15, 0.2) is 0 Å². The van der Waals surface area contributed by atoms with Gasteiger partial charge in [-0.3, -0.25) is 0 Å². The first-order chi connectivity index (χ1) is 12.8. The third-order valence-electron chi connectivity index (χ3n) is 5.97. The minimum atomic E-state index is 1.22. The summed E-state index contributed by atoms with van der Waals surface area (Å²) in [7, 11) is 0. The van der Waals surface area contributed by atoms with Crippen LogP contribution in [0.1, 0.15) is 143 Å². The van der Waals surface area contributed by atoms with Crippen molar-refractivity contribution in [3.8, 4) is 0 Å². The van der Waals surface area contributed by atoms with Gasteiger partial charge < -0.3 is 4.90 Å². The molecule has 0 saturated carbocycles. The largest absolute Gasteiger partial charge is 0.304 e. The molecule has 0 radical (unpaired) electrons. The average Bonchev–Trinajstić information content (AvgIpc) is 2.66. The summed E-state index contributed by atoms with van der Waals surface area (Å²) >= 11 is 0. The topological polar surface area (TPSA) is 3.24 Å². The molecule has 0 unspecified atom stereocenters. The molecule has 0 aliphatic carbocycles. The molecule has 1 heteroatoms. The Bertz CT molecular complexity index is 234. The molecule has 0 bridgehead atoms. The molecule has 26 heavy (non-hydrogen) atoms. The zero-order valence-corrected chi connectivity index (χ0v) is 19.0. The van der Waals surface area contributed by atoms with Gasteiger partial charge in [-0.05, 0) is 26.1 Å². The third-order valence-corrected chi connectivity index (χ3v) is 5.97. The summed E-state index contributed by atoms with van der Waals surface area (Å²) in [5, 5.41) is 0. The van der Waals surface area contributed by atoms with Gasteiger partial charge in [0.1, 0.15) is 0 Å². The quantitative estimate of drug-likeness (QED) is 0.173. The van der Waals surface area contributed by atoms with Crippen LogP contribution in [0.15, 0.2) is 0 Å². The normalized spacial score (nSPS) is 11.5. The summed E-state index contributed by atoms with van der Waals surface area (Å²) in [6, 6.07) is 0. The fourth-order valence-electron chi connectivity index (χ4n) is 3.95. The molecule has 0 atom stereocenters. The van der Waals surface area contributed by atoms with Crippen molar-refractivity contribution in [2.75, 3.05) is 19.6 Å². The van der Waals surface area contributed by atoms with Crippen molar-refractivity contribution >= 4 is 0 Å². The van der Waals surface area contributed by atoms with E-state index in [2.05, 4.69) is 25.7 Å². The SMILES string of the molecule is CCCCCCCCCCCCCCCCCCCCCN(CC)CC. The first kappa shape index (κ1) is 26.0. The van der Waals surface area contributed by atoms with Crippen molar-refractivity contribution in [2.24, 2.45) is 0 Å². The van der Waals surface area contributed by atoms with Crippen molar-refractivity contribution in [1.82, 2.24) is 4.90 Å². The summed E-state index contributed by atoms with van der Waals surface area (Å²) < 4.78 is 0. The molecule has 0 rings (SSSR count). The highest BCUT2D eigenvalue weighted by Crippen LogP contribution is 2.14. The van der Waals surface area contributed by atoms with Gasteiger partial charge in [-0.1, -0.05) is 136 Å². The molecule has 0 N–H and O–H groups in total. The first-order valence-corrected chi connectivity index (χ1v) is 12.6. The zero-order valence-electron chi connectivity index (χ0n) is 19.0.